The Hall–Kier alpha value is -2.43. The highest BCUT2D eigenvalue weighted by atomic mass is 16.2. The number of anilines is 1. The molecule has 1 aliphatic heterocycles. The maximum absolute atomic E-state index is 12.5. The van der Waals surface area contributed by atoms with Gasteiger partial charge in [0.25, 0.3) is 5.91 Å². The number of likely N-dealkylation sites (tertiary alicyclic amines) is 1. The summed E-state index contributed by atoms with van der Waals surface area (Å²) in [4.78, 5) is 22.6. The molecular weight excluding hydrogens is 288 g/mol. The van der Waals surface area contributed by atoms with Crippen LogP contribution in [0.3, 0.4) is 0 Å². The standard InChI is InChI=1S/C18H22N4O/c1-2-14-3-5-15(6-4-14)18(23)22-11-8-16(9-12-22)21-17-7-10-19-13-20-17/h3-7,10,13,16H,2,8-9,11-12H2,1H3,(H,19,20,21). The molecule has 0 aliphatic carbocycles. The Balaban J connectivity index is 1.54. The summed E-state index contributed by atoms with van der Waals surface area (Å²) in [6.45, 7) is 3.67. The first-order valence-electron chi connectivity index (χ1n) is 8.17. The van der Waals surface area contributed by atoms with Gasteiger partial charge in [-0.2, -0.15) is 0 Å². The summed E-state index contributed by atoms with van der Waals surface area (Å²) in [5.41, 5.74) is 2.04. The monoisotopic (exact) mass is 310 g/mol. The van der Waals surface area contributed by atoms with Crippen molar-refractivity contribution < 1.29 is 4.79 Å². The van der Waals surface area contributed by atoms with Gasteiger partial charge in [0.05, 0.1) is 0 Å². The molecule has 0 radical (unpaired) electrons. The van der Waals surface area contributed by atoms with Crippen molar-refractivity contribution in [2.75, 3.05) is 18.4 Å². The minimum atomic E-state index is 0.133. The summed E-state index contributed by atoms with van der Waals surface area (Å²) in [6, 6.07) is 10.2. The van der Waals surface area contributed by atoms with Crippen LogP contribution in [0, 0.1) is 0 Å². The van der Waals surface area contributed by atoms with E-state index in [-0.39, 0.29) is 5.91 Å². The normalized spacial score (nSPS) is 15.4. The number of nitrogens with zero attached hydrogens (tertiary/aromatic N) is 3. The second kappa shape index (κ2) is 7.22. The number of amides is 1. The first-order chi connectivity index (χ1) is 11.3. The lowest BCUT2D eigenvalue weighted by Crippen LogP contribution is -2.42. The molecule has 120 valence electrons. The molecule has 0 bridgehead atoms. The molecule has 0 unspecified atom stereocenters. The van der Waals surface area contributed by atoms with Crippen LogP contribution in [-0.4, -0.2) is 39.9 Å². The van der Waals surface area contributed by atoms with Gasteiger partial charge in [-0.15, -0.1) is 0 Å². The zero-order chi connectivity index (χ0) is 16.1. The Bertz CT molecular complexity index is 634. The zero-order valence-corrected chi connectivity index (χ0v) is 13.4. The topological polar surface area (TPSA) is 58.1 Å². The molecule has 1 aliphatic rings. The number of aryl methyl sites for hydroxylation is 1. The lowest BCUT2D eigenvalue weighted by molar-refractivity contribution is 0.0718. The highest BCUT2D eigenvalue weighted by Crippen LogP contribution is 2.17. The Kier molecular flexibility index (Phi) is 4.86. The molecule has 1 fully saturated rings. The summed E-state index contributed by atoms with van der Waals surface area (Å²) in [6.07, 6.45) is 6.13. The van der Waals surface area contributed by atoms with Gasteiger partial charge in [0, 0.05) is 30.9 Å². The molecule has 1 saturated heterocycles. The lowest BCUT2D eigenvalue weighted by Gasteiger charge is -2.32. The third-order valence-corrected chi connectivity index (χ3v) is 4.33. The van der Waals surface area contributed by atoms with Gasteiger partial charge >= 0.3 is 0 Å². The van der Waals surface area contributed by atoms with Crippen molar-refractivity contribution in [2.45, 2.75) is 32.2 Å². The molecule has 5 nitrogen and oxygen atoms in total. The molecular formula is C18H22N4O. The van der Waals surface area contributed by atoms with E-state index in [0.29, 0.717) is 6.04 Å². The van der Waals surface area contributed by atoms with Gasteiger partial charge in [-0.1, -0.05) is 19.1 Å². The number of benzene rings is 1. The van der Waals surface area contributed by atoms with Crippen LogP contribution in [-0.2, 0) is 6.42 Å². The van der Waals surface area contributed by atoms with Gasteiger partial charge in [-0.05, 0) is 43.0 Å². The maximum atomic E-state index is 12.5. The molecule has 23 heavy (non-hydrogen) atoms. The van der Waals surface area contributed by atoms with E-state index in [0.717, 1.165) is 43.7 Å². The van der Waals surface area contributed by atoms with E-state index < -0.39 is 0 Å². The number of hydrogen-bond acceptors (Lipinski definition) is 4. The number of hydrogen-bond donors (Lipinski definition) is 1. The van der Waals surface area contributed by atoms with E-state index in [4.69, 9.17) is 0 Å². The predicted octanol–water partition coefficient (Wildman–Crippen LogP) is 2.76. The zero-order valence-electron chi connectivity index (χ0n) is 13.4. The van der Waals surface area contributed by atoms with Crippen LogP contribution in [0.5, 0.6) is 0 Å². The highest BCUT2D eigenvalue weighted by molar-refractivity contribution is 5.94. The quantitative estimate of drug-likeness (QED) is 0.943. The van der Waals surface area contributed by atoms with Crippen LogP contribution in [0.15, 0.2) is 42.9 Å². The average molecular weight is 310 g/mol. The number of rotatable bonds is 4. The summed E-state index contributed by atoms with van der Waals surface area (Å²) < 4.78 is 0. The predicted molar refractivity (Wildman–Crippen MR) is 90.4 cm³/mol. The van der Waals surface area contributed by atoms with E-state index in [1.165, 1.54) is 5.56 Å². The highest BCUT2D eigenvalue weighted by Gasteiger charge is 2.23. The first kappa shape index (κ1) is 15.5. The molecule has 5 heteroatoms. The summed E-state index contributed by atoms with van der Waals surface area (Å²) >= 11 is 0. The largest absolute Gasteiger partial charge is 0.367 e. The molecule has 0 atom stereocenters. The van der Waals surface area contributed by atoms with E-state index in [9.17, 15) is 4.79 Å². The van der Waals surface area contributed by atoms with Crippen molar-refractivity contribution >= 4 is 11.7 Å². The minimum Gasteiger partial charge on any atom is -0.367 e. The SMILES string of the molecule is CCc1ccc(C(=O)N2CCC(Nc3ccncn3)CC2)cc1. The van der Waals surface area contributed by atoms with Gasteiger partial charge in [-0.25, -0.2) is 9.97 Å². The number of carbonyl (C=O) groups excluding carboxylic acids is 1. The van der Waals surface area contributed by atoms with E-state index in [1.54, 1.807) is 12.5 Å². The fourth-order valence-corrected chi connectivity index (χ4v) is 2.88. The van der Waals surface area contributed by atoms with Crippen molar-refractivity contribution in [3.05, 3.63) is 54.0 Å². The van der Waals surface area contributed by atoms with Crippen molar-refractivity contribution in [1.29, 1.82) is 0 Å². The molecule has 2 aromatic rings. The van der Waals surface area contributed by atoms with Gasteiger partial charge < -0.3 is 10.2 Å². The van der Waals surface area contributed by atoms with Crippen LogP contribution in [0.25, 0.3) is 0 Å². The van der Waals surface area contributed by atoms with Crippen molar-refractivity contribution in [3.8, 4) is 0 Å². The van der Waals surface area contributed by atoms with E-state index in [1.807, 2.05) is 35.2 Å². The smallest absolute Gasteiger partial charge is 0.253 e. The van der Waals surface area contributed by atoms with Crippen LogP contribution in [0.4, 0.5) is 5.82 Å². The van der Waals surface area contributed by atoms with Gasteiger partial charge in [0.1, 0.15) is 12.1 Å². The van der Waals surface area contributed by atoms with Gasteiger partial charge in [0.15, 0.2) is 0 Å². The van der Waals surface area contributed by atoms with Crippen LogP contribution in [0.2, 0.25) is 0 Å². The van der Waals surface area contributed by atoms with E-state index in [2.05, 4.69) is 22.2 Å². The molecule has 2 heterocycles. The van der Waals surface area contributed by atoms with Crippen molar-refractivity contribution in [3.63, 3.8) is 0 Å². The first-order valence-corrected chi connectivity index (χ1v) is 8.17. The second-order valence-electron chi connectivity index (χ2n) is 5.86. The second-order valence-corrected chi connectivity index (χ2v) is 5.86. The van der Waals surface area contributed by atoms with Crippen molar-refractivity contribution in [1.82, 2.24) is 14.9 Å². The Morgan fingerprint density at radius 1 is 1.22 bits per heavy atom. The average Bonchev–Trinajstić information content (AvgIpc) is 2.63. The molecule has 0 saturated carbocycles. The number of piperidine rings is 1. The van der Waals surface area contributed by atoms with Crippen molar-refractivity contribution in [2.24, 2.45) is 0 Å². The molecule has 3 rings (SSSR count). The maximum Gasteiger partial charge on any atom is 0.253 e. The molecule has 1 N–H and O–H groups in total. The van der Waals surface area contributed by atoms with Crippen LogP contribution < -0.4 is 5.32 Å². The van der Waals surface area contributed by atoms with Crippen LogP contribution in [0.1, 0.15) is 35.7 Å². The third kappa shape index (κ3) is 3.86. The Morgan fingerprint density at radius 2 is 1.96 bits per heavy atom. The van der Waals surface area contributed by atoms with Gasteiger partial charge in [0.2, 0.25) is 0 Å². The number of nitrogens with one attached hydrogen (secondary N) is 1. The lowest BCUT2D eigenvalue weighted by atomic mass is 10.0. The number of aromatic nitrogens is 2. The third-order valence-electron chi connectivity index (χ3n) is 4.33. The summed E-state index contributed by atoms with van der Waals surface area (Å²) in [5.74, 6) is 0.980. The number of carbonyl (C=O) groups is 1. The molecule has 1 aromatic heterocycles. The fourth-order valence-electron chi connectivity index (χ4n) is 2.88. The molecule has 1 amide bonds. The minimum absolute atomic E-state index is 0.133. The van der Waals surface area contributed by atoms with Gasteiger partial charge in [-0.3, -0.25) is 4.79 Å². The Labute approximate surface area is 136 Å². The summed E-state index contributed by atoms with van der Waals surface area (Å²) in [7, 11) is 0. The fraction of sp³-hybridized carbons (Fsp3) is 0.389. The molecule has 1 aromatic carbocycles. The molecule has 0 spiro atoms. The summed E-state index contributed by atoms with van der Waals surface area (Å²) in [5, 5.41) is 3.41. The Morgan fingerprint density at radius 3 is 2.57 bits per heavy atom. The van der Waals surface area contributed by atoms with E-state index >= 15 is 0 Å². The van der Waals surface area contributed by atoms with Crippen LogP contribution >= 0.6 is 0 Å².